The topological polar surface area (TPSA) is 58.4 Å². The summed E-state index contributed by atoms with van der Waals surface area (Å²) in [6.45, 7) is 4.30. The van der Waals surface area contributed by atoms with Crippen LogP contribution in [0.15, 0.2) is 0 Å². The molecule has 0 spiro atoms. The van der Waals surface area contributed by atoms with Gasteiger partial charge in [-0.05, 0) is 31.2 Å². The molecule has 1 unspecified atom stereocenters. The lowest BCUT2D eigenvalue weighted by Gasteiger charge is -2.19. The quantitative estimate of drug-likeness (QED) is 0.778. The van der Waals surface area contributed by atoms with Crippen LogP contribution in [0.5, 0.6) is 0 Å². The first-order valence-corrected chi connectivity index (χ1v) is 6.99. The molecule has 0 bridgehead atoms. The van der Waals surface area contributed by atoms with Crippen LogP contribution < -0.4 is 11.1 Å². The molecule has 1 aliphatic rings. The van der Waals surface area contributed by atoms with E-state index in [1.54, 1.807) is 0 Å². The second-order valence-electron chi connectivity index (χ2n) is 5.99. The van der Waals surface area contributed by atoms with Crippen molar-refractivity contribution < 1.29 is 18.0 Å². The summed E-state index contributed by atoms with van der Waals surface area (Å²) in [6.07, 6.45) is -2.87. The van der Waals surface area contributed by atoms with Gasteiger partial charge in [0.1, 0.15) is 0 Å². The van der Waals surface area contributed by atoms with Gasteiger partial charge < -0.3 is 11.1 Å². The molecule has 0 saturated carbocycles. The molecule has 4 nitrogen and oxygen atoms in total. The molecule has 2 atom stereocenters. The van der Waals surface area contributed by atoms with Gasteiger partial charge in [0.25, 0.3) is 0 Å². The van der Waals surface area contributed by atoms with Crippen molar-refractivity contribution in [1.82, 2.24) is 10.2 Å². The van der Waals surface area contributed by atoms with Crippen LogP contribution >= 0.6 is 0 Å². The van der Waals surface area contributed by atoms with Crippen molar-refractivity contribution in [3.05, 3.63) is 0 Å². The van der Waals surface area contributed by atoms with Crippen LogP contribution in [0.4, 0.5) is 13.2 Å². The van der Waals surface area contributed by atoms with Crippen LogP contribution in [-0.4, -0.2) is 49.2 Å². The highest BCUT2D eigenvalue weighted by Crippen LogP contribution is 2.22. The SMILES string of the molecule is CC(C)C[C@H](N)C(=O)NCC1CCN(CC(F)(F)F)C1. The number of halogens is 3. The highest BCUT2D eigenvalue weighted by Gasteiger charge is 2.34. The summed E-state index contributed by atoms with van der Waals surface area (Å²) in [4.78, 5) is 13.1. The van der Waals surface area contributed by atoms with E-state index in [9.17, 15) is 18.0 Å². The average Bonchev–Trinajstić information content (AvgIpc) is 2.70. The maximum atomic E-state index is 12.2. The lowest BCUT2D eigenvalue weighted by Crippen LogP contribution is -2.43. The summed E-state index contributed by atoms with van der Waals surface area (Å²) in [5, 5.41) is 2.74. The van der Waals surface area contributed by atoms with Crippen LogP contribution in [0.25, 0.3) is 0 Å². The van der Waals surface area contributed by atoms with Gasteiger partial charge in [0, 0.05) is 13.1 Å². The number of carbonyl (C=O) groups is 1. The van der Waals surface area contributed by atoms with E-state index < -0.39 is 18.8 Å². The number of likely N-dealkylation sites (tertiary alicyclic amines) is 1. The summed E-state index contributed by atoms with van der Waals surface area (Å²) in [5.41, 5.74) is 5.74. The van der Waals surface area contributed by atoms with E-state index in [0.717, 1.165) is 0 Å². The average molecular weight is 295 g/mol. The minimum atomic E-state index is -4.16. The van der Waals surface area contributed by atoms with E-state index in [4.69, 9.17) is 5.73 Å². The van der Waals surface area contributed by atoms with Gasteiger partial charge in [0.2, 0.25) is 5.91 Å². The summed E-state index contributed by atoms with van der Waals surface area (Å²) in [6, 6.07) is -0.539. The van der Waals surface area contributed by atoms with Crippen LogP contribution in [0.2, 0.25) is 0 Å². The molecule has 20 heavy (non-hydrogen) atoms. The summed E-state index contributed by atoms with van der Waals surface area (Å²) >= 11 is 0. The number of hydrogen-bond donors (Lipinski definition) is 2. The van der Waals surface area contributed by atoms with E-state index in [1.807, 2.05) is 13.8 Å². The highest BCUT2D eigenvalue weighted by molar-refractivity contribution is 5.81. The van der Waals surface area contributed by atoms with Crippen molar-refractivity contribution in [1.29, 1.82) is 0 Å². The smallest absolute Gasteiger partial charge is 0.354 e. The van der Waals surface area contributed by atoms with Gasteiger partial charge in [0.15, 0.2) is 0 Å². The number of carbonyl (C=O) groups excluding carboxylic acids is 1. The molecule has 1 heterocycles. The number of rotatable bonds is 6. The molecule has 1 fully saturated rings. The Hall–Kier alpha value is -0.820. The maximum Gasteiger partial charge on any atom is 0.401 e. The zero-order valence-corrected chi connectivity index (χ0v) is 12.0. The Bertz CT molecular complexity index is 320. The molecule has 0 radical (unpaired) electrons. The molecule has 0 aromatic rings. The molecule has 1 saturated heterocycles. The van der Waals surface area contributed by atoms with Gasteiger partial charge in [0.05, 0.1) is 12.6 Å². The van der Waals surface area contributed by atoms with E-state index in [2.05, 4.69) is 5.32 Å². The Kier molecular flexibility index (Phi) is 6.26. The molecule has 7 heteroatoms. The zero-order chi connectivity index (χ0) is 15.3. The predicted octanol–water partition coefficient (Wildman–Crippen LogP) is 1.36. The molecule has 3 N–H and O–H groups in total. The van der Waals surface area contributed by atoms with Crippen LogP contribution in [0, 0.1) is 11.8 Å². The van der Waals surface area contributed by atoms with Crippen LogP contribution in [0.1, 0.15) is 26.7 Å². The lowest BCUT2D eigenvalue weighted by atomic mass is 10.0. The molecule has 118 valence electrons. The van der Waals surface area contributed by atoms with Gasteiger partial charge in [-0.3, -0.25) is 9.69 Å². The number of nitrogens with zero attached hydrogens (tertiary/aromatic N) is 1. The molecule has 1 aliphatic heterocycles. The Morgan fingerprint density at radius 1 is 1.45 bits per heavy atom. The van der Waals surface area contributed by atoms with Crippen molar-refractivity contribution in [2.24, 2.45) is 17.6 Å². The summed E-state index contributed by atoms with van der Waals surface area (Å²) in [5.74, 6) is 0.199. The van der Waals surface area contributed by atoms with E-state index in [1.165, 1.54) is 4.90 Å². The Balaban J connectivity index is 2.25. The Labute approximate surface area is 117 Å². The highest BCUT2D eigenvalue weighted by atomic mass is 19.4. The van der Waals surface area contributed by atoms with Gasteiger partial charge in [-0.2, -0.15) is 13.2 Å². The second-order valence-corrected chi connectivity index (χ2v) is 5.99. The van der Waals surface area contributed by atoms with E-state index in [-0.39, 0.29) is 11.8 Å². The lowest BCUT2D eigenvalue weighted by molar-refractivity contribution is -0.143. The third kappa shape index (κ3) is 6.56. The number of hydrogen-bond acceptors (Lipinski definition) is 3. The molecule has 0 aromatic heterocycles. The van der Waals surface area contributed by atoms with Gasteiger partial charge >= 0.3 is 6.18 Å². The Morgan fingerprint density at radius 2 is 2.10 bits per heavy atom. The third-order valence-corrected chi connectivity index (χ3v) is 3.40. The largest absolute Gasteiger partial charge is 0.401 e. The number of nitrogens with one attached hydrogen (secondary N) is 1. The monoisotopic (exact) mass is 295 g/mol. The number of nitrogens with two attached hydrogens (primary N) is 1. The van der Waals surface area contributed by atoms with Crippen molar-refractivity contribution in [3.63, 3.8) is 0 Å². The molecule has 1 rings (SSSR count). The van der Waals surface area contributed by atoms with Crippen molar-refractivity contribution in [2.75, 3.05) is 26.2 Å². The first kappa shape index (κ1) is 17.2. The molecule has 1 amide bonds. The predicted molar refractivity (Wildman–Crippen MR) is 71.0 cm³/mol. The van der Waals surface area contributed by atoms with Crippen molar-refractivity contribution in [2.45, 2.75) is 38.9 Å². The fourth-order valence-corrected chi connectivity index (χ4v) is 2.47. The molecular formula is C13H24F3N3O. The first-order chi connectivity index (χ1) is 9.17. The fraction of sp³-hybridized carbons (Fsp3) is 0.923. The van der Waals surface area contributed by atoms with Crippen LogP contribution in [0.3, 0.4) is 0 Å². The maximum absolute atomic E-state index is 12.2. The molecular weight excluding hydrogens is 271 g/mol. The minimum absolute atomic E-state index is 0.0764. The normalized spacial score (nSPS) is 22.2. The molecule has 0 aliphatic carbocycles. The molecule has 0 aromatic carbocycles. The number of amides is 1. The van der Waals surface area contributed by atoms with Crippen molar-refractivity contribution >= 4 is 5.91 Å². The summed E-state index contributed by atoms with van der Waals surface area (Å²) < 4.78 is 36.7. The first-order valence-electron chi connectivity index (χ1n) is 6.99. The third-order valence-electron chi connectivity index (χ3n) is 3.40. The minimum Gasteiger partial charge on any atom is -0.354 e. The van der Waals surface area contributed by atoms with Crippen LogP contribution in [-0.2, 0) is 4.79 Å². The summed E-state index contributed by atoms with van der Waals surface area (Å²) in [7, 11) is 0. The Morgan fingerprint density at radius 3 is 2.65 bits per heavy atom. The number of alkyl halides is 3. The second kappa shape index (κ2) is 7.26. The standard InChI is InChI=1S/C13H24F3N3O/c1-9(2)5-11(17)12(20)18-6-10-3-4-19(7-10)8-13(14,15)16/h9-11H,3-8,17H2,1-2H3,(H,18,20)/t10?,11-/m0/s1. The zero-order valence-electron chi connectivity index (χ0n) is 12.0. The van der Waals surface area contributed by atoms with Gasteiger partial charge in [-0.25, -0.2) is 0 Å². The van der Waals surface area contributed by atoms with E-state index in [0.29, 0.717) is 38.4 Å². The van der Waals surface area contributed by atoms with E-state index >= 15 is 0 Å². The van der Waals surface area contributed by atoms with Gasteiger partial charge in [-0.15, -0.1) is 0 Å². The van der Waals surface area contributed by atoms with Gasteiger partial charge in [-0.1, -0.05) is 13.8 Å². The van der Waals surface area contributed by atoms with Crippen molar-refractivity contribution in [3.8, 4) is 0 Å². The fourth-order valence-electron chi connectivity index (χ4n) is 2.47.